The molecule has 0 radical (unpaired) electrons. The second-order valence-corrected chi connectivity index (χ2v) is 13.9. The van der Waals surface area contributed by atoms with E-state index in [1.807, 2.05) is 140 Å². The van der Waals surface area contributed by atoms with E-state index in [2.05, 4.69) is 60.7 Å². The second kappa shape index (κ2) is 15.2. The molecule has 10 rings (SSSR count). The van der Waals surface area contributed by atoms with Crippen LogP contribution in [-0.2, 0) is 0 Å². The van der Waals surface area contributed by atoms with Crippen molar-refractivity contribution in [3.05, 3.63) is 200 Å². The van der Waals surface area contributed by atoms with Crippen molar-refractivity contribution in [3.63, 3.8) is 0 Å². The van der Waals surface area contributed by atoms with Crippen LogP contribution in [0.25, 0.3) is 101 Å². The van der Waals surface area contributed by atoms with Gasteiger partial charge in [-0.15, -0.1) is 0 Å². The van der Waals surface area contributed by atoms with Crippen LogP contribution < -0.4 is 0 Å². The molecular weight excluding hydrogens is 711 g/mol. The van der Waals surface area contributed by atoms with Crippen LogP contribution in [0.15, 0.2) is 200 Å². The fourth-order valence-corrected chi connectivity index (χ4v) is 6.99. The molecular formula is C51H33N7. The number of aromatic nitrogens is 7. The molecule has 0 aliphatic rings. The predicted molar refractivity (Wildman–Crippen MR) is 232 cm³/mol. The lowest BCUT2D eigenvalue weighted by atomic mass is 9.99. The zero-order valence-corrected chi connectivity index (χ0v) is 31.2. The van der Waals surface area contributed by atoms with Gasteiger partial charge in [-0.3, -0.25) is 4.98 Å². The summed E-state index contributed by atoms with van der Waals surface area (Å²) in [7, 11) is 0. The third kappa shape index (κ3) is 7.11. The second-order valence-electron chi connectivity index (χ2n) is 13.9. The highest BCUT2D eigenvalue weighted by atomic mass is 15.0. The van der Waals surface area contributed by atoms with E-state index in [9.17, 15) is 0 Å². The summed E-state index contributed by atoms with van der Waals surface area (Å²) in [4.78, 5) is 34.2. The monoisotopic (exact) mass is 743 g/mol. The highest BCUT2D eigenvalue weighted by molar-refractivity contribution is 5.88. The van der Waals surface area contributed by atoms with Gasteiger partial charge in [0.15, 0.2) is 34.9 Å². The third-order valence-electron chi connectivity index (χ3n) is 10.0. The number of fused-ring (bicyclic) bond motifs is 1. The van der Waals surface area contributed by atoms with Gasteiger partial charge in [-0.2, -0.15) is 0 Å². The Hall–Kier alpha value is -8.03. The predicted octanol–water partition coefficient (Wildman–Crippen LogP) is 11.9. The largest absolute Gasteiger partial charge is 0.256 e. The molecule has 7 nitrogen and oxygen atoms in total. The molecule has 0 spiro atoms. The average Bonchev–Trinajstić information content (AvgIpc) is 3.32. The standard InChI is InChI=1S/C51H33N7/c1-5-14-35(15-6-1)46-53-47(36-16-7-2-8-17-36)56-50(55-46)39-26-24-34(25-27-39)41-28-29-45-43(31-41)32-44(33-52-45)40-22-13-23-42(30-40)51-57-48(37-18-9-3-10-19-37)54-49(58-51)38-20-11-4-12-21-38/h1-33H. The molecule has 3 heterocycles. The van der Waals surface area contributed by atoms with Gasteiger partial charge < -0.3 is 0 Å². The normalized spacial score (nSPS) is 11.1. The van der Waals surface area contributed by atoms with Crippen molar-refractivity contribution in [1.82, 2.24) is 34.9 Å². The molecule has 0 amide bonds. The Bertz CT molecular complexity index is 2910. The Morgan fingerprint density at radius 2 is 0.552 bits per heavy atom. The van der Waals surface area contributed by atoms with Gasteiger partial charge in [0.25, 0.3) is 0 Å². The van der Waals surface area contributed by atoms with Gasteiger partial charge in [0.05, 0.1) is 5.52 Å². The first-order valence-corrected chi connectivity index (χ1v) is 19.1. The highest BCUT2D eigenvalue weighted by Gasteiger charge is 2.15. The summed E-state index contributed by atoms with van der Waals surface area (Å²) < 4.78 is 0. The van der Waals surface area contributed by atoms with E-state index >= 15 is 0 Å². The lowest BCUT2D eigenvalue weighted by Gasteiger charge is -2.10. The topological polar surface area (TPSA) is 90.2 Å². The number of hydrogen-bond acceptors (Lipinski definition) is 7. The minimum Gasteiger partial charge on any atom is -0.256 e. The van der Waals surface area contributed by atoms with Crippen LogP contribution in [0.4, 0.5) is 0 Å². The summed E-state index contributed by atoms with van der Waals surface area (Å²) in [5.41, 5.74) is 10.7. The zero-order chi connectivity index (χ0) is 38.7. The van der Waals surface area contributed by atoms with Gasteiger partial charge in [0.2, 0.25) is 0 Å². The van der Waals surface area contributed by atoms with Crippen LogP contribution in [0.1, 0.15) is 0 Å². The van der Waals surface area contributed by atoms with Crippen LogP contribution in [0, 0.1) is 0 Å². The molecule has 0 bridgehead atoms. The molecule has 58 heavy (non-hydrogen) atoms. The van der Waals surface area contributed by atoms with E-state index in [0.717, 1.165) is 66.5 Å². The van der Waals surface area contributed by atoms with Gasteiger partial charge in [-0.05, 0) is 41.0 Å². The molecule has 7 aromatic carbocycles. The Balaban J connectivity index is 0.971. The van der Waals surface area contributed by atoms with Crippen molar-refractivity contribution < 1.29 is 0 Å². The van der Waals surface area contributed by atoms with Crippen LogP contribution in [0.3, 0.4) is 0 Å². The van der Waals surface area contributed by atoms with E-state index in [-0.39, 0.29) is 0 Å². The fourth-order valence-electron chi connectivity index (χ4n) is 6.99. The quantitative estimate of drug-likeness (QED) is 0.153. The van der Waals surface area contributed by atoms with E-state index in [0.29, 0.717) is 34.9 Å². The summed E-state index contributed by atoms with van der Waals surface area (Å²) in [6.45, 7) is 0. The van der Waals surface area contributed by atoms with Crippen molar-refractivity contribution in [2.24, 2.45) is 0 Å². The van der Waals surface area contributed by atoms with Gasteiger partial charge in [-0.25, -0.2) is 29.9 Å². The smallest absolute Gasteiger partial charge is 0.164 e. The summed E-state index contributed by atoms with van der Waals surface area (Å²) in [5, 5.41) is 1.04. The van der Waals surface area contributed by atoms with Crippen molar-refractivity contribution >= 4 is 10.9 Å². The maximum absolute atomic E-state index is 4.94. The molecule has 0 aliphatic carbocycles. The van der Waals surface area contributed by atoms with E-state index in [1.165, 1.54) is 0 Å². The SMILES string of the molecule is c1ccc(-c2nc(-c3ccccc3)nc(-c3ccc(-c4ccc5ncc(-c6cccc(-c7nc(-c8ccccc8)nc(-c8ccccc8)n7)c6)cc5c4)cc3)n2)cc1. The molecule has 0 fully saturated rings. The molecule has 0 N–H and O–H groups in total. The molecule has 10 aromatic rings. The van der Waals surface area contributed by atoms with Gasteiger partial charge >= 0.3 is 0 Å². The lowest BCUT2D eigenvalue weighted by molar-refractivity contribution is 1.07. The maximum Gasteiger partial charge on any atom is 0.164 e. The van der Waals surface area contributed by atoms with E-state index < -0.39 is 0 Å². The maximum atomic E-state index is 4.94. The Morgan fingerprint density at radius 1 is 0.224 bits per heavy atom. The van der Waals surface area contributed by atoms with Crippen molar-refractivity contribution in [2.75, 3.05) is 0 Å². The van der Waals surface area contributed by atoms with E-state index in [4.69, 9.17) is 34.9 Å². The van der Waals surface area contributed by atoms with Crippen LogP contribution in [0.5, 0.6) is 0 Å². The third-order valence-corrected chi connectivity index (χ3v) is 10.0. The average molecular weight is 744 g/mol. The molecule has 0 unspecified atom stereocenters. The zero-order valence-electron chi connectivity index (χ0n) is 31.2. The molecule has 3 aromatic heterocycles. The molecule has 0 saturated heterocycles. The Morgan fingerprint density at radius 3 is 1.02 bits per heavy atom. The van der Waals surface area contributed by atoms with Gasteiger partial charge in [0, 0.05) is 50.5 Å². The highest BCUT2D eigenvalue weighted by Crippen LogP contribution is 2.32. The van der Waals surface area contributed by atoms with Crippen LogP contribution in [-0.4, -0.2) is 34.9 Å². The Labute approximate surface area is 335 Å². The molecule has 0 atom stereocenters. The number of nitrogens with zero attached hydrogens (tertiary/aromatic N) is 7. The number of hydrogen-bond donors (Lipinski definition) is 0. The van der Waals surface area contributed by atoms with Gasteiger partial charge in [0.1, 0.15) is 0 Å². The number of rotatable bonds is 8. The summed E-state index contributed by atoms with van der Waals surface area (Å²) >= 11 is 0. The van der Waals surface area contributed by atoms with Crippen LogP contribution >= 0.6 is 0 Å². The first-order chi connectivity index (χ1) is 28.7. The van der Waals surface area contributed by atoms with Crippen molar-refractivity contribution in [3.8, 4) is 90.6 Å². The van der Waals surface area contributed by atoms with Gasteiger partial charge in [-0.1, -0.05) is 170 Å². The first kappa shape index (κ1) is 34.5. The molecule has 272 valence electrons. The first-order valence-electron chi connectivity index (χ1n) is 19.1. The lowest BCUT2D eigenvalue weighted by Crippen LogP contribution is -2.00. The number of benzene rings is 7. The summed E-state index contributed by atoms with van der Waals surface area (Å²) in [5.74, 6) is 3.77. The minimum atomic E-state index is 0.610. The minimum absolute atomic E-state index is 0.610. The van der Waals surface area contributed by atoms with E-state index in [1.54, 1.807) is 0 Å². The molecule has 7 heteroatoms. The Kier molecular flexibility index (Phi) is 9.06. The molecule has 0 saturated carbocycles. The molecule has 0 aliphatic heterocycles. The van der Waals surface area contributed by atoms with Crippen molar-refractivity contribution in [1.29, 1.82) is 0 Å². The fraction of sp³-hybridized carbons (Fsp3) is 0. The number of pyridine rings is 1. The summed E-state index contributed by atoms with van der Waals surface area (Å²) in [6, 6.07) is 65.4. The van der Waals surface area contributed by atoms with Crippen molar-refractivity contribution in [2.45, 2.75) is 0 Å². The van der Waals surface area contributed by atoms with Crippen LogP contribution in [0.2, 0.25) is 0 Å². The summed E-state index contributed by atoms with van der Waals surface area (Å²) in [6.07, 6.45) is 1.93.